The first-order valence-corrected chi connectivity index (χ1v) is 6.80. The molecule has 1 aromatic carbocycles. The van der Waals surface area contributed by atoms with Gasteiger partial charge in [0.2, 0.25) is 0 Å². The van der Waals surface area contributed by atoms with E-state index in [1.165, 1.54) is 5.56 Å². The minimum Gasteiger partial charge on any atom is -0.494 e. The lowest BCUT2D eigenvalue weighted by molar-refractivity contribution is 0.0853. The standard InChI is InChI=1S/C14H19ClO2/c15-8-1-9-17-14-4-2-12(3-5-14)13-6-10-16-11-7-13/h2-5,13H,1,6-11H2. The van der Waals surface area contributed by atoms with E-state index in [-0.39, 0.29) is 0 Å². The predicted molar refractivity (Wildman–Crippen MR) is 70.1 cm³/mol. The molecule has 0 saturated carbocycles. The van der Waals surface area contributed by atoms with E-state index in [0.717, 1.165) is 38.2 Å². The molecule has 1 aromatic rings. The van der Waals surface area contributed by atoms with E-state index in [1.54, 1.807) is 0 Å². The van der Waals surface area contributed by atoms with E-state index < -0.39 is 0 Å². The summed E-state index contributed by atoms with van der Waals surface area (Å²) in [7, 11) is 0. The number of hydrogen-bond donors (Lipinski definition) is 0. The summed E-state index contributed by atoms with van der Waals surface area (Å²) < 4.78 is 11.0. The summed E-state index contributed by atoms with van der Waals surface area (Å²) in [5, 5.41) is 0. The summed E-state index contributed by atoms with van der Waals surface area (Å²) in [5.41, 5.74) is 1.40. The summed E-state index contributed by atoms with van der Waals surface area (Å²) >= 11 is 5.60. The Morgan fingerprint density at radius 1 is 1.18 bits per heavy atom. The van der Waals surface area contributed by atoms with Crippen LogP contribution in [0.15, 0.2) is 24.3 Å². The van der Waals surface area contributed by atoms with Gasteiger partial charge in [0.05, 0.1) is 6.61 Å². The van der Waals surface area contributed by atoms with Crippen LogP contribution in [0.1, 0.15) is 30.7 Å². The number of rotatable bonds is 5. The zero-order chi connectivity index (χ0) is 11.9. The summed E-state index contributed by atoms with van der Waals surface area (Å²) in [6.07, 6.45) is 3.15. The molecule has 17 heavy (non-hydrogen) atoms. The van der Waals surface area contributed by atoms with Crippen molar-refractivity contribution in [2.24, 2.45) is 0 Å². The number of benzene rings is 1. The predicted octanol–water partition coefficient (Wildman–Crippen LogP) is 3.59. The fourth-order valence-corrected chi connectivity index (χ4v) is 2.22. The Hall–Kier alpha value is -0.730. The maximum atomic E-state index is 5.60. The molecule has 1 fully saturated rings. The van der Waals surface area contributed by atoms with E-state index in [9.17, 15) is 0 Å². The average molecular weight is 255 g/mol. The van der Waals surface area contributed by atoms with Gasteiger partial charge in [-0.1, -0.05) is 12.1 Å². The van der Waals surface area contributed by atoms with E-state index in [2.05, 4.69) is 24.3 Å². The molecule has 0 atom stereocenters. The molecule has 1 aliphatic rings. The summed E-state index contributed by atoms with van der Waals surface area (Å²) in [6, 6.07) is 8.45. The Labute approximate surface area is 108 Å². The van der Waals surface area contributed by atoms with Crippen molar-refractivity contribution in [3.63, 3.8) is 0 Å². The lowest BCUT2D eigenvalue weighted by Crippen LogP contribution is -2.13. The number of hydrogen-bond acceptors (Lipinski definition) is 2. The molecule has 0 bridgehead atoms. The van der Waals surface area contributed by atoms with Gasteiger partial charge >= 0.3 is 0 Å². The quantitative estimate of drug-likeness (QED) is 0.591. The molecule has 2 nitrogen and oxygen atoms in total. The maximum Gasteiger partial charge on any atom is 0.119 e. The minimum absolute atomic E-state index is 0.653. The van der Waals surface area contributed by atoms with Crippen LogP contribution in [0.4, 0.5) is 0 Å². The Bertz CT molecular complexity index is 317. The maximum absolute atomic E-state index is 5.60. The molecule has 2 rings (SSSR count). The molecule has 0 aliphatic carbocycles. The van der Waals surface area contributed by atoms with Crippen LogP contribution >= 0.6 is 11.6 Å². The van der Waals surface area contributed by atoms with Gasteiger partial charge in [-0.2, -0.15) is 0 Å². The third-order valence-electron chi connectivity index (χ3n) is 3.12. The second kappa shape index (κ2) is 6.87. The van der Waals surface area contributed by atoms with Gasteiger partial charge in [-0.3, -0.25) is 0 Å². The van der Waals surface area contributed by atoms with E-state index in [4.69, 9.17) is 21.1 Å². The van der Waals surface area contributed by atoms with Gasteiger partial charge in [0.15, 0.2) is 0 Å². The highest BCUT2D eigenvalue weighted by Gasteiger charge is 2.15. The van der Waals surface area contributed by atoms with Crippen molar-refractivity contribution in [3.05, 3.63) is 29.8 Å². The lowest BCUT2D eigenvalue weighted by atomic mass is 9.92. The minimum atomic E-state index is 0.653. The first kappa shape index (κ1) is 12.7. The first-order valence-electron chi connectivity index (χ1n) is 6.26. The van der Waals surface area contributed by atoms with Crippen molar-refractivity contribution in [2.45, 2.75) is 25.2 Å². The third-order valence-corrected chi connectivity index (χ3v) is 3.39. The fourth-order valence-electron chi connectivity index (χ4n) is 2.11. The Morgan fingerprint density at radius 2 is 1.88 bits per heavy atom. The highest BCUT2D eigenvalue weighted by Crippen LogP contribution is 2.28. The largest absolute Gasteiger partial charge is 0.494 e. The van der Waals surface area contributed by atoms with Crippen LogP contribution in [0.25, 0.3) is 0 Å². The van der Waals surface area contributed by atoms with Crippen LogP contribution in [0.5, 0.6) is 5.75 Å². The van der Waals surface area contributed by atoms with Crippen molar-refractivity contribution in [1.82, 2.24) is 0 Å². The van der Waals surface area contributed by atoms with Crippen LogP contribution in [0.2, 0.25) is 0 Å². The number of ether oxygens (including phenoxy) is 2. The zero-order valence-electron chi connectivity index (χ0n) is 10.0. The molecule has 1 saturated heterocycles. The van der Waals surface area contributed by atoms with Gasteiger partial charge in [-0.05, 0) is 42.9 Å². The molecular formula is C14H19ClO2. The Morgan fingerprint density at radius 3 is 2.53 bits per heavy atom. The van der Waals surface area contributed by atoms with Gasteiger partial charge < -0.3 is 9.47 Å². The normalized spacial score (nSPS) is 17.0. The van der Waals surface area contributed by atoms with Crippen molar-refractivity contribution in [1.29, 1.82) is 0 Å². The topological polar surface area (TPSA) is 18.5 Å². The lowest BCUT2D eigenvalue weighted by Gasteiger charge is -2.22. The average Bonchev–Trinajstić information content (AvgIpc) is 2.41. The van der Waals surface area contributed by atoms with Gasteiger partial charge in [0.1, 0.15) is 5.75 Å². The molecule has 0 N–H and O–H groups in total. The van der Waals surface area contributed by atoms with Crippen LogP contribution in [0.3, 0.4) is 0 Å². The fraction of sp³-hybridized carbons (Fsp3) is 0.571. The number of alkyl halides is 1. The zero-order valence-corrected chi connectivity index (χ0v) is 10.8. The molecule has 1 aliphatic heterocycles. The van der Waals surface area contributed by atoms with Crippen LogP contribution in [-0.4, -0.2) is 25.7 Å². The molecule has 0 aromatic heterocycles. The van der Waals surface area contributed by atoms with Crippen LogP contribution in [0, 0.1) is 0 Å². The molecule has 0 spiro atoms. The highest BCUT2D eigenvalue weighted by atomic mass is 35.5. The number of halogens is 1. The molecule has 1 heterocycles. The molecule has 0 unspecified atom stereocenters. The smallest absolute Gasteiger partial charge is 0.119 e. The molecule has 0 amide bonds. The summed E-state index contributed by atoms with van der Waals surface area (Å²) in [4.78, 5) is 0. The van der Waals surface area contributed by atoms with Gasteiger partial charge in [0.25, 0.3) is 0 Å². The van der Waals surface area contributed by atoms with Gasteiger partial charge in [-0.25, -0.2) is 0 Å². The van der Waals surface area contributed by atoms with Crippen LogP contribution in [-0.2, 0) is 4.74 Å². The van der Waals surface area contributed by atoms with E-state index in [0.29, 0.717) is 18.4 Å². The Balaban J connectivity index is 1.88. The molecule has 94 valence electrons. The highest BCUT2D eigenvalue weighted by molar-refractivity contribution is 6.17. The SMILES string of the molecule is ClCCCOc1ccc(C2CCOCC2)cc1. The van der Waals surface area contributed by atoms with E-state index in [1.807, 2.05) is 0 Å². The monoisotopic (exact) mass is 254 g/mol. The van der Waals surface area contributed by atoms with Gasteiger partial charge in [-0.15, -0.1) is 11.6 Å². The molecule has 3 heteroatoms. The van der Waals surface area contributed by atoms with Crippen molar-refractivity contribution in [2.75, 3.05) is 25.7 Å². The second-order valence-electron chi connectivity index (χ2n) is 4.35. The van der Waals surface area contributed by atoms with Crippen molar-refractivity contribution >= 4 is 11.6 Å². The summed E-state index contributed by atoms with van der Waals surface area (Å²) in [5.74, 6) is 2.24. The van der Waals surface area contributed by atoms with Crippen LogP contribution < -0.4 is 4.74 Å². The molecular weight excluding hydrogens is 236 g/mol. The summed E-state index contributed by atoms with van der Waals surface area (Å²) in [6.45, 7) is 2.47. The first-order chi connectivity index (χ1) is 8.40. The van der Waals surface area contributed by atoms with Crippen molar-refractivity contribution < 1.29 is 9.47 Å². The second-order valence-corrected chi connectivity index (χ2v) is 4.72. The Kier molecular flexibility index (Phi) is 5.14. The van der Waals surface area contributed by atoms with Crippen molar-refractivity contribution in [3.8, 4) is 5.75 Å². The van der Waals surface area contributed by atoms with E-state index >= 15 is 0 Å². The molecule has 0 radical (unpaired) electrons. The third kappa shape index (κ3) is 3.90. The van der Waals surface area contributed by atoms with Gasteiger partial charge in [0, 0.05) is 19.1 Å².